The van der Waals surface area contributed by atoms with Gasteiger partial charge in [-0.15, -0.1) is 0 Å². The van der Waals surface area contributed by atoms with Crippen molar-refractivity contribution in [3.8, 4) is 5.69 Å². The average molecular weight is 387 g/mol. The first-order valence-electron chi connectivity index (χ1n) is 9.84. The van der Waals surface area contributed by atoms with Crippen LogP contribution in [0.2, 0.25) is 0 Å². The number of rotatable bonds is 2. The second kappa shape index (κ2) is 6.30. The lowest BCUT2D eigenvalue weighted by Crippen LogP contribution is -2.35. The Morgan fingerprint density at radius 3 is 2.59 bits per heavy atom. The second-order valence-corrected chi connectivity index (χ2v) is 8.60. The van der Waals surface area contributed by atoms with E-state index >= 15 is 0 Å². The number of aromatic nitrogens is 3. The summed E-state index contributed by atoms with van der Waals surface area (Å²) in [6.07, 6.45) is 4.94. The Kier molecular flexibility index (Phi) is 3.84. The minimum atomic E-state index is -0.393. The van der Waals surface area contributed by atoms with Gasteiger partial charge in [-0.1, -0.05) is 32.0 Å². The summed E-state index contributed by atoms with van der Waals surface area (Å²) >= 11 is 0. The molecule has 0 spiro atoms. The van der Waals surface area contributed by atoms with E-state index in [4.69, 9.17) is 0 Å². The standard InChI is InChI=1S/C23H22N4O2/c1-23(2)11-16-19(17(28)12-23)18(14-7-6-10-24-13-14)20-21(25-16)26-27(22(20)29)15-8-4-3-5-9-15/h3-10,13,18,25-26H,11-12H2,1-2H3/p+1. The van der Waals surface area contributed by atoms with Crippen molar-refractivity contribution in [3.05, 3.63) is 87.6 Å². The molecule has 3 heterocycles. The number of hydrogen-bond acceptors (Lipinski definition) is 3. The molecule has 2 aliphatic rings. The zero-order valence-electron chi connectivity index (χ0n) is 16.5. The van der Waals surface area contributed by atoms with E-state index in [0.717, 1.165) is 23.4 Å². The van der Waals surface area contributed by atoms with Crippen molar-refractivity contribution in [1.29, 1.82) is 0 Å². The van der Waals surface area contributed by atoms with Crippen LogP contribution in [0.4, 0.5) is 5.82 Å². The van der Waals surface area contributed by atoms with Gasteiger partial charge < -0.3 is 5.32 Å². The molecule has 3 aromatic rings. The Bertz CT molecular complexity index is 1190. The van der Waals surface area contributed by atoms with Crippen LogP contribution in [0.3, 0.4) is 0 Å². The van der Waals surface area contributed by atoms with Gasteiger partial charge in [0, 0.05) is 29.3 Å². The summed E-state index contributed by atoms with van der Waals surface area (Å²) < 4.78 is 1.55. The van der Waals surface area contributed by atoms with Crippen LogP contribution in [0, 0.1) is 5.41 Å². The molecule has 0 fully saturated rings. The number of ketones is 1. The number of carbonyl (C=O) groups excluding carboxylic acids is 1. The Hall–Kier alpha value is -3.41. The zero-order valence-corrected chi connectivity index (χ0v) is 16.5. The molecule has 0 radical (unpaired) electrons. The number of benzene rings is 1. The third kappa shape index (κ3) is 2.83. The molecule has 0 amide bonds. The molecule has 1 atom stereocenters. The van der Waals surface area contributed by atoms with Crippen LogP contribution >= 0.6 is 0 Å². The number of para-hydroxylation sites is 1. The minimum Gasteiger partial charge on any atom is -0.343 e. The highest BCUT2D eigenvalue weighted by Crippen LogP contribution is 2.47. The van der Waals surface area contributed by atoms with Crippen molar-refractivity contribution in [2.24, 2.45) is 5.41 Å². The molecule has 146 valence electrons. The predicted octanol–water partition coefficient (Wildman–Crippen LogP) is 3.18. The molecule has 1 aliphatic carbocycles. The van der Waals surface area contributed by atoms with Crippen molar-refractivity contribution < 1.29 is 9.78 Å². The van der Waals surface area contributed by atoms with Crippen LogP contribution in [0.5, 0.6) is 0 Å². The van der Waals surface area contributed by atoms with E-state index in [1.165, 1.54) is 0 Å². The van der Waals surface area contributed by atoms with Gasteiger partial charge in [-0.25, -0.2) is 9.67 Å². The summed E-state index contributed by atoms with van der Waals surface area (Å²) in [4.78, 5) is 29.8. The van der Waals surface area contributed by atoms with Crippen LogP contribution in [-0.2, 0) is 4.79 Å². The van der Waals surface area contributed by atoms with E-state index in [9.17, 15) is 9.59 Å². The van der Waals surface area contributed by atoms with E-state index in [2.05, 4.69) is 29.2 Å². The van der Waals surface area contributed by atoms with Gasteiger partial charge in [-0.05, 0) is 30.0 Å². The Balaban J connectivity index is 1.75. The van der Waals surface area contributed by atoms with Gasteiger partial charge in [0.05, 0.1) is 17.2 Å². The van der Waals surface area contributed by atoms with Crippen molar-refractivity contribution in [1.82, 2.24) is 9.78 Å². The van der Waals surface area contributed by atoms with Gasteiger partial charge in [-0.2, -0.15) is 0 Å². The van der Waals surface area contributed by atoms with Gasteiger partial charge in [0.25, 0.3) is 5.56 Å². The molecule has 5 rings (SSSR count). The molecule has 6 nitrogen and oxygen atoms in total. The smallest absolute Gasteiger partial charge is 0.277 e. The largest absolute Gasteiger partial charge is 0.343 e. The Labute approximate surface area is 168 Å². The molecule has 6 heteroatoms. The highest BCUT2D eigenvalue weighted by atomic mass is 16.1. The molecule has 2 aromatic heterocycles. The number of pyridine rings is 1. The minimum absolute atomic E-state index is 0.107. The van der Waals surface area contributed by atoms with Crippen LogP contribution < -0.4 is 15.9 Å². The average Bonchev–Trinajstić information content (AvgIpc) is 3.03. The number of Topliss-reactive ketones (excluding diaryl/α,β-unsaturated/α-hetero) is 1. The number of allylic oxidation sites excluding steroid dienone is 2. The first-order chi connectivity index (χ1) is 13.9. The number of hydrogen-bond donors (Lipinski definition) is 2. The van der Waals surface area contributed by atoms with Crippen molar-refractivity contribution >= 4 is 11.6 Å². The lowest BCUT2D eigenvalue weighted by molar-refractivity contribution is -0.378. The Morgan fingerprint density at radius 1 is 1.07 bits per heavy atom. The molecule has 3 N–H and O–H groups in total. The third-order valence-electron chi connectivity index (χ3n) is 5.78. The van der Waals surface area contributed by atoms with Crippen LogP contribution in [0.1, 0.15) is 43.7 Å². The number of aromatic amines is 2. The fourth-order valence-corrected chi connectivity index (χ4v) is 4.57. The number of anilines is 1. The molecule has 29 heavy (non-hydrogen) atoms. The van der Waals surface area contributed by atoms with E-state index in [0.29, 0.717) is 23.4 Å². The summed E-state index contributed by atoms with van der Waals surface area (Å²) in [6, 6.07) is 13.3. The molecule has 0 saturated carbocycles. The maximum Gasteiger partial charge on any atom is 0.277 e. The topological polar surface area (TPSA) is 81.0 Å². The predicted molar refractivity (Wildman–Crippen MR) is 110 cm³/mol. The van der Waals surface area contributed by atoms with E-state index in [-0.39, 0.29) is 16.8 Å². The number of nitrogens with one attached hydrogen (secondary N) is 3. The lowest BCUT2D eigenvalue weighted by Gasteiger charge is -2.37. The summed E-state index contributed by atoms with van der Waals surface area (Å²) in [5, 5.41) is 6.62. The van der Waals surface area contributed by atoms with E-state index in [1.807, 2.05) is 54.9 Å². The molecule has 0 bridgehead atoms. The molecule has 1 unspecified atom stereocenters. The number of H-pyrrole nitrogens is 2. The first kappa shape index (κ1) is 17.7. The molecule has 1 aliphatic heterocycles. The van der Waals surface area contributed by atoms with Gasteiger partial charge in [0.1, 0.15) is 5.82 Å². The highest BCUT2D eigenvalue weighted by molar-refractivity contribution is 6.01. The van der Waals surface area contributed by atoms with E-state index in [1.54, 1.807) is 4.68 Å². The van der Waals surface area contributed by atoms with Crippen LogP contribution in [0.25, 0.3) is 5.69 Å². The fraction of sp³-hybridized carbons (Fsp3) is 0.261. The number of nitrogens with zero attached hydrogens (tertiary/aromatic N) is 1. The molecule has 1 aromatic carbocycles. The quantitative estimate of drug-likeness (QED) is 0.709. The SMILES string of the molecule is CC1(C)CC(=O)C2=C(C1)Nc1[nH]n(-c3ccccc3)c(=O)c1C2c1ccc[nH+]c1. The van der Waals surface area contributed by atoms with Crippen molar-refractivity contribution in [2.45, 2.75) is 32.6 Å². The van der Waals surface area contributed by atoms with Crippen LogP contribution in [0.15, 0.2) is 70.9 Å². The first-order valence-corrected chi connectivity index (χ1v) is 9.84. The summed E-state index contributed by atoms with van der Waals surface area (Å²) in [5.74, 6) is 0.378. The Morgan fingerprint density at radius 2 is 1.86 bits per heavy atom. The summed E-state index contributed by atoms with van der Waals surface area (Å²) in [7, 11) is 0. The van der Waals surface area contributed by atoms with Gasteiger partial charge in [0.15, 0.2) is 18.2 Å². The summed E-state index contributed by atoms with van der Waals surface area (Å²) in [6.45, 7) is 4.21. The molecule has 0 saturated heterocycles. The number of fused-ring (bicyclic) bond motifs is 1. The van der Waals surface area contributed by atoms with Crippen LogP contribution in [-0.4, -0.2) is 15.6 Å². The van der Waals surface area contributed by atoms with Gasteiger partial charge >= 0.3 is 0 Å². The van der Waals surface area contributed by atoms with E-state index < -0.39 is 5.92 Å². The molecular weight excluding hydrogens is 364 g/mol. The van der Waals surface area contributed by atoms with Gasteiger partial charge in [0.2, 0.25) is 0 Å². The van der Waals surface area contributed by atoms with Crippen molar-refractivity contribution in [2.75, 3.05) is 5.32 Å². The summed E-state index contributed by atoms with van der Waals surface area (Å²) in [5.41, 5.74) is 3.62. The lowest BCUT2D eigenvalue weighted by atomic mass is 9.69. The maximum atomic E-state index is 13.5. The maximum absolute atomic E-state index is 13.5. The third-order valence-corrected chi connectivity index (χ3v) is 5.78. The van der Waals surface area contributed by atoms with Gasteiger partial charge in [-0.3, -0.25) is 14.7 Å². The fourth-order valence-electron chi connectivity index (χ4n) is 4.57. The second-order valence-electron chi connectivity index (χ2n) is 8.60. The normalized spacial score (nSPS) is 20.1. The molecular formula is C23H23N4O2+. The number of carbonyl (C=O) groups is 1. The monoisotopic (exact) mass is 387 g/mol. The zero-order chi connectivity index (χ0) is 20.2. The van der Waals surface area contributed by atoms with Crippen molar-refractivity contribution in [3.63, 3.8) is 0 Å². The highest BCUT2D eigenvalue weighted by Gasteiger charge is 2.43.